The molecule has 1 aliphatic rings. The molecule has 0 amide bonds. The van der Waals surface area contributed by atoms with E-state index in [2.05, 4.69) is 29.9 Å². The summed E-state index contributed by atoms with van der Waals surface area (Å²) in [6.07, 6.45) is 3.66. The molecular formula is C28H37N3O5. The van der Waals surface area contributed by atoms with E-state index in [1.165, 1.54) is 5.56 Å². The van der Waals surface area contributed by atoms with Crippen molar-refractivity contribution in [1.82, 2.24) is 14.7 Å². The lowest BCUT2D eigenvalue weighted by molar-refractivity contribution is -0.0648. The van der Waals surface area contributed by atoms with Crippen LogP contribution in [0.25, 0.3) is 0 Å². The van der Waals surface area contributed by atoms with Crippen LogP contribution in [0, 0.1) is 20.8 Å². The lowest BCUT2D eigenvalue weighted by Gasteiger charge is -2.31. The zero-order valence-corrected chi connectivity index (χ0v) is 21.7. The minimum atomic E-state index is -1.11. The van der Waals surface area contributed by atoms with E-state index in [0.717, 1.165) is 29.0 Å². The van der Waals surface area contributed by atoms with E-state index in [9.17, 15) is 5.11 Å². The third-order valence-corrected chi connectivity index (χ3v) is 6.47. The molecule has 4 rings (SSSR count). The van der Waals surface area contributed by atoms with Crippen LogP contribution in [-0.2, 0) is 17.8 Å². The average Bonchev–Trinajstić information content (AvgIpc) is 3.30. The highest BCUT2D eigenvalue weighted by molar-refractivity contribution is 5.43. The minimum absolute atomic E-state index is 0.166. The van der Waals surface area contributed by atoms with Gasteiger partial charge in [0, 0.05) is 32.0 Å². The molecule has 0 saturated carbocycles. The molecule has 1 N–H and O–H groups in total. The monoisotopic (exact) mass is 495 g/mol. The van der Waals surface area contributed by atoms with Gasteiger partial charge in [0.05, 0.1) is 26.9 Å². The Morgan fingerprint density at radius 2 is 1.94 bits per heavy atom. The molecule has 3 aromatic rings. The van der Waals surface area contributed by atoms with Crippen LogP contribution >= 0.6 is 0 Å². The van der Waals surface area contributed by atoms with Gasteiger partial charge in [-0.3, -0.25) is 9.58 Å². The van der Waals surface area contributed by atoms with E-state index in [0.29, 0.717) is 44.3 Å². The molecule has 2 heterocycles. The first-order valence-corrected chi connectivity index (χ1v) is 12.4. The summed E-state index contributed by atoms with van der Waals surface area (Å²) in [5, 5.41) is 15.6. The number of methoxy groups -OCH3 is 1. The number of β-amino-alcohol motifs (C(OH)–C–C–N with tert-alkyl or cyclic N) is 1. The molecule has 36 heavy (non-hydrogen) atoms. The fourth-order valence-corrected chi connectivity index (χ4v) is 4.45. The Bertz CT molecular complexity index is 1130. The Morgan fingerprint density at radius 3 is 2.72 bits per heavy atom. The van der Waals surface area contributed by atoms with Crippen molar-refractivity contribution in [2.75, 3.05) is 46.6 Å². The molecule has 0 spiro atoms. The van der Waals surface area contributed by atoms with Gasteiger partial charge >= 0.3 is 0 Å². The Morgan fingerprint density at radius 1 is 1.08 bits per heavy atom. The third kappa shape index (κ3) is 6.78. The summed E-state index contributed by atoms with van der Waals surface area (Å²) in [5.41, 5.74) is 3.37. The molecule has 1 saturated heterocycles. The third-order valence-electron chi connectivity index (χ3n) is 6.47. The molecule has 8 heteroatoms. The molecular weight excluding hydrogens is 458 g/mol. The number of benzene rings is 2. The van der Waals surface area contributed by atoms with Crippen LogP contribution in [0.3, 0.4) is 0 Å². The molecule has 194 valence electrons. The second-order valence-corrected chi connectivity index (χ2v) is 9.58. The fourth-order valence-electron chi connectivity index (χ4n) is 4.45. The zero-order valence-electron chi connectivity index (χ0n) is 21.7. The average molecular weight is 496 g/mol. The molecule has 8 nitrogen and oxygen atoms in total. The van der Waals surface area contributed by atoms with Gasteiger partial charge < -0.3 is 24.1 Å². The maximum absolute atomic E-state index is 11.4. The van der Waals surface area contributed by atoms with Crippen molar-refractivity contribution in [2.24, 2.45) is 0 Å². The van der Waals surface area contributed by atoms with Crippen molar-refractivity contribution in [1.29, 1.82) is 0 Å². The zero-order chi connectivity index (χ0) is 25.5. The van der Waals surface area contributed by atoms with Crippen LogP contribution in [0.5, 0.6) is 17.2 Å². The first kappa shape index (κ1) is 26.0. The Kier molecular flexibility index (Phi) is 8.51. The topological polar surface area (TPSA) is 78.2 Å². The Labute approximate surface area is 213 Å². The number of hydrogen-bond donors (Lipinski definition) is 1. The van der Waals surface area contributed by atoms with Crippen LogP contribution in [0.4, 0.5) is 0 Å². The van der Waals surface area contributed by atoms with Gasteiger partial charge in [0.25, 0.3) is 0 Å². The summed E-state index contributed by atoms with van der Waals surface area (Å²) >= 11 is 0. The fraction of sp³-hybridized carbons (Fsp3) is 0.464. The lowest BCUT2D eigenvalue weighted by atomic mass is 10.0. The maximum Gasteiger partial charge on any atom is 0.161 e. The SMILES string of the molecule is COc1cc(CN2CCOC[C@@](O)(COc3cc(C)cc(C)c3C)C2)ccc1OCCn1cccn1. The van der Waals surface area contributed by atoms with Gasteiger partial charge in [-0.05, 0) is 67.3 Å². The highest BCUT2D eigenvalue weighted by atomic mass is 16.5. The first-order chi connectivity index (χ1) is 17.3. The molecule has 2 aromatic carbocycles. The number of aromatic nitrogens is 2. The van der Waals surface area contributed by atoms with E-state index in [1.54, 1.807) is 13.3 Å². The van der Waals surface area contributed by atoms with Crippen molar-refractivity contribution in [3.8, 4) is 17.2 Å². The van der Waals surface area contributed by atoms with Gasteiger partial charge in [-0.25, -0.2) is 0 Å². The summed E-state index contributed by atoms with van der Waals surface area (Å²) in [6.45, 7) is 10.1. The summed E-state index contributed by atoms with van der Waals surface area (Å²) in [7, 11) is 1.64. The van der Waals surface area contributed by atoms with Crippen molar-refractivity contribution < 1.29 is 24.1 Å². The van der Waals surface area contributed by atoms with E-state index in [1.807, 2.05) is 48.1 Å². The predicted octanol–water partition coefficient (Wildman–Crippen LogP) is 3.54. The number of nitrogens with zero attached hydrogens (tertiary/aromatic N) is 3. The molecule has 1 atom stereocenters. The van der Waals surface area contributed by atoms with Crippen LogP contribution in [0.2, 0.25) is 0 Å². The van der Waals surface area contributed by atoms with Crippen LogP contribution in [0.15, 0.2) is 48.8 Å². The van der Waals surface area contributed by atoms with Crippen molar-refractivity contribution in [3.63, 3.8) is 0 Å². The van der Waals surface area contributed by atoms with E-state index >= 15 is 0 Å². The number of aliphatic hydroxyl groups is 1. The van der Waals surface area contributed by atoms with E-state index < -0.39 is 5.60 Å². The molecule has 0 unspecified atom stereocenters. The predicted molar refractivity (Wildman–Crippen MR) is 138 cm³/mol. The van der Waals surface area contributed by atoms with Gasteiger partial charge in [0.1, 0.15) is 24.6 Å². The molecule has 1 aromatic heterocycles. The van der Waals surface area contributed by atoms with Gasteiger partial charge in [-0.2, -0.15) is 5.10 Å². The van der Waals surface area contributed by atoms with Gasteiger partial charge in [-0.1, -0.05) is 12.1 Å². The van der Waals surface area contributed by atoms with Crippen molar-refractivity contribution in [2.45, 2.75) is 39.5 Å². The Balaban J connectivity index is 1.37. The molecule has 1 aliphatic heterocycles. The molecule has 1 fully saturated rings. The minimum Gasteiger partial charge on any atom is -0.493 e. The first-order valence-electron chi connectivity index (χ1n) is 12.4. The number of ether oxygens (including phenoxy) is 4. The molecule has 0 aliphatic carbocycles. The lowest BCUT2D eigenvalue weighted by Crippen LogP contribution is -2.48. The smallest absolute Gasteiger partial charge is 0.161 e. The van der Waals surface area contributed by atoms with Gasteiger partial charge in [-0.15, -0.1) is 0 Å². The van der Waals surface area contributed by atoms with Crippen LogP contribution in [-0.4, -0.2) is 72.0 Å². The number of aryl methyl sites for hydroxylation is 2. The Hall–Kier alpha value is -3.07. The second-order valence-electron chi connectivity index (χ2n) is 9.58. The standard InChI is InChI=1S/C28H37N3O5/c1-21-14-22(2)23(3)26(15-21)36-20-28(32)18-30(10-12-34-19-28)17-24-6-7-25(27(16-24)33-4)35-13-11-31-9-5-8-29-31/h5-9,14-16,32H,10-13,17-20H2,1-4H3/t28-/m1/s1. The summed E-state index contributed by atoms with van der Waals surface area (Å²) in [5.74, 6) is 2.19. The van der Waals surface area contributed by atoms with Crippen LogP contribution in [0.1, 0.15) is 22.3 Å². The quantitative estimate of drug-likeness (QED) is 0.461. The molecule has 0 radical (unpaired) electrons. The highest BCUT2D eigenvalue weighted by Crippen LogP contribution is 2.29. The number of hydrogen-bond acceptors (Lipinski definition) is 7. The van der Waals surface area contributed by atoms with Gasteiger partial charge in [0.2, 0.25) is 0 Å². The largest absolute Gasteiger partial charge is 0.493 e. The second kappa shape index (κ2) is 11.8. The maximum atomic E-state index is 11.4. The summed E-state index contributed by atoms with van der Waals surface area (Å²) < 4.78 is 25.2. The van der Waals surface area contributed by atoms with Gasteiger partial charge in [0.15, 0.2) is 11.5 Å². The normalized spacial score (nSPS) is 18.6. The van der Waals surface area contributed by atoms with E-state index in [4.69, 9.17) is 18.9 Å². The van der Waals surface area contributed by atoms with Crippen LogP contribution < -0.4 is 14.2 Å². The molecule has 0 bridgehead atoms. The van der Waals surface area contributed by atoms with Crippen molar-refractivity contribution >= 4 is 0 Å². The van der Waals surface area contributed by atoms with E-state index in [-0.39, 0.29) is 13.2 Å². The summed E-state index contributed by atoms with van der Waals surface area (Å²) in [4.78, 5) is 2.19. The van der Waals surface area contributed by atoms with Crippen molar-refractivity contribution in [3.05, 3.63) is 71.0 Å². The number of rotatable bonds is 10. The highest BCUT2D eigenvalue weighted by Gasteiger charge is 2.34. The summed E-state index contributed by atoms with van der Waals surface area (Å²) in [6, 6.07) is 12.0.